The molecule has 2 aliphatic rings. The highest BCUT2D eigenvalue weighted by Gasteiger charge is 2.45. The molecule has 1 saturated heterocycles. The van der Waals surface area contributed by atoms with Crippen molar-refractivity contribution in [3.05, 3.63) is 82.7 Å². The van der Waals surface area contributed by atoms with E-state index in [-0.39, 0.29) is 36.3 Å². The number of sulfone groups is 1. The zero-order valence-corrected chi connectivity index (χ0v) is 27.6. The van der Waals surface area contributed by atoms with E-state index < -0.39 is 9.84 Å². The lowest BCUT2D eigenvalue weighted by Crippen LogP contribution is -2.50. The van der Waals surface area contributed by atoms with Crippen molar-refractivity contribution in [3.8, 4) is 34.5 Å². The van der Waals surface area contributed by atoms with E-state index in [1.807, 2.05) is 38.1 Å². The Kier molecular flexibility index (Phi) is 9.49. The highest BCUT2D eigenvalue weighted by atomic mass is 32.2. The lowest BCUT2D eigenvalue weighted by Gasteiger charge is -2.37. The van der Waals surface area contributed by atoms with E-state index in [2.05, 4.69) is 76.0 Å². The monoisotopic (exact) mass is 645 g/mol. The molecule has 4 aromatic rings. The number of aryl methyl sites for hydroxylation is 1. The van der Waals surface area contributed by atoms with Gasteiger partial charge in [-0.1, -0.05) is 37.1 Å². The van der Waals surface area contributed by atoms with Gasteiger partial charge in [0, 0.05) is 27.5 Å². The van der Waals surface area contributed by atoms with Gasteiger partial charge in [-0.2, -0.15) is 18.6 Å². The fourth-order valence-corrected chi connectivity index (χ4v) is 8.88. The van der Waals surface area contributed by atoms with Crippen LogP contribution in [-0.2, 0) is 16.4 Å². The number of nitrogens with zero attached hydrogens (tertiary/aromatic N) is 3. The smallest absolute Gasteiger partial charge is 0.151 e. The minimum Gasteiger partial charge on any atom is -0.493 e. The van der Waals surface area contributed by atoms with Crippen LogP contribution < -0.4 is 9.47 Å². The van der Waals surface area contributed by atoms with Crippen LogP contribution in [0.2, 0.25) is 0 Å². The van der Waals surface area contributed by atoms with Gasteiger partial charge in [0.2, 0.25) is 0 Å². The Morgan fingerprint density at radius 3 is 2.45 bits per heavy atom. The van der Waals surface area contributed by atoms with Crippen LogP contribution in [0, 0.1) is 24.2 Å². The van der Waals surface area contributed by atoms with E-state index in [1.54, 1.807) is 11.3 Å². The predicted octanol–water partition coefficient (Wildman–Crippen LogP) is 7.70. The molecule has 0 aliphatic carbocycles. The summed E-state index contributed by atoms with van der Waals surface area (Å²) >= 11 is 1.73. The van der Waals surface area contributed by atoms with Crippen molar-refractivity contribution in [2.45, 2.75) is 39.7 Å². The molecular formula is C34H35N3O4S3. The average molecular weight is 646 g/mol. The lowest BCUT2D eigenvalue weighted by molar-refractivity contribution is 0.188. The van der Waals surface area contributed by atoms with Gasteiger partial charge in [-0.15, -0.1) is 22.4 Å². The molecule has 0 saturated carbocycles. The minimum atomic E-state index is -2.89. The Hall–Kier alpha value is -3.65. The summed E-state index contributed by atoms with van der Waals surface area (Å²) in [6, 6.07) is 20.7. The van der Waals surface area contributed by atoms with Gasteiger partial charge in [-0.05, 0) is 83.1 Å². The average Bonchev–Trinajstić information content (AvgIpc) is 3.64. The summed E-state index contributed by atoms with van der Waals surface area (Å²) in [5, 5.41) is 15.2. The first-order valence-electron chi connectivity index (χ1n) is 14.2. The Balaban J connectivity index is 0.00000384. The van der Waals surface area contributed by atoms with Gasteiger partial charge in [0.1, 0.15) is 24.7 Å². The van der Waals surface area contributed by atoms with E-state index in [4.69, 9.17) is 9.47 Å². The third-order valence-electron chi connectivity index (χ3n) is 7.80. The second-order valence-corrected chi connectivity index (χ2v) is 14.6. The Bertz CT molecular complexity index is 1890. The van der Waals surface area contributed by atoms with Gasteiger partial charge < -0.3 is 9.47 Å². The van der Waals surface area contributed by atoms with Crippen molar-refractivity contribution in [1.82, 2.24) is 0 Å². The van der Waals surface area contributed by atoms with Crippen molar-refractivity contribution in [3.63, 3.8) is 0 Å². The Labute approximate surface area is 269 Å². The second kappa shape index (κ2) is 13.1. The Morgan fingerprint density at radius 1 is 1.00 bits per heavy atom. The summed E-state index contributed by atoms with van der Waals surface area (Å²) in [5.74, 6) is 8.31. The summed E-state index contributed by atoms with van der Waals surface area (Å²) < 4.78 is 36.6. The zero-order chi connectivity index (χ0) is 30.0. The molecule has 0 unspecified atom stereocenters. The van der Waals surface area contributed by atoms with Crippen LogP contribution >= 0.6 is 24.8 Å². The van der Waals surface area contributed by atoms with Gasteiger partial charge >= 0.3 is 0 Å². The minimum absolute atomic E-state index is 0. The normalized spacial score (nSPS) is 16.7. The number of hydrogen-bond donors (Lipinski definition) is 0. The van der Waals surface area contributed by atoms with Crippen LogP contribution in [0.4, 0.5) is 0 Å². The molecule has 0 N–H and O–H groups in total. The molecule has 10 heteroatoms. The largest absolute Gasteiger partial charge is 0.493 e. The third-order valence-corrected chi connectivity index (χ3v) is 11.0. The number of hydrogen-bond acceptors (Lipinski definition) is 8. The summed E-state index contributed by atoms with van der Waals surface area (Å²) in [6.45, 7) is 7.31. The van der Waals surface area contributed by atoms with Crippen molar-refractivity contribution < 1.29 is 17.9 Å². The van der Waals surface area contributed by atoms with Crippen molar-refractivity contribution >= 4 is 50.5 Å². The van der Waals surface area contributed by atoms with E-state index in [1.165, 1.54) is 15.6 Å². The molecule has 0 radical (unpaired) electrons. The first kappa shape index (κ1) is 31.8. The SMILES string of the molecule is CC#C[C@@H](CC1=NN=NC1)c1ccc(OCc2ccc3scc(-c4ccc(OCC5(C)CS(=O)(=O)C5)cc4C)c3c2)cc1.S. The number of fused-ring (bicyclic) bond motifs is 1. The first-order chi connectivity index (χ1) is 20.7. The molecule has 228 valence electrons. The van der Waals surface area contributed by atoms with Gasteiger partial charge in [-0.3, -0.25) is 0 Å². The molecule has 0 amide bonds. The first-order valence-corrected chi connectivity index (χ1v) is 16.9. The van der Waals surface area contributed by atoms with Gasteiger partial charge in [0.15, 0.2) is 9.84 Å². The highest BCUT2D eigenvalue weighted by Crippen LogP contribution is 2.38. The van der Waals surface area contributed by atoms with E-state index in [0.29, 0.717) is 19.8 Å². The molecule has 0 spiro atoms. The molecule has 1 atom stereocenters. The molecule has 44 heavy (non-hydrogen) atoms. The van der Waals surface area contributed by atoms with Gasteiger partial charge in [0.05, 0.1) is 29.7 Å². The third kappa shape index (κ3) is 7.17. The van der Waals surface area contributed by atoms with E-state index in [0.717, 1.165) is 45.9 Å². The van der Waals surface area contributed by atoms with Crippen LogP contribution in [-0.4, -0.2) is 38.8 Å². The molecule has 3 aromatic carbocycles. The summed E-state index contributed by atoms with van der Waals surface area (Å²) in [4.78, 5) is 0. The van der Waals surface area contributed by atoms with Crippen LogP contribution in [0.15, 0.2) is 81.5 Å². The van der Waals surface area contributed by atoms with Crippen LogP contribution in [0.5, 0.6) is 11.5 Å². The van der Waals surface area contributed by atoms with Crippen molar-refractivity contribution in [2.24, 2.45) is 20.9 Å². The van der Waals surface area contributed by atoms with Gasteiger partial charge in [0.25, 0.3) is 0 Å². The summed E-state index contributed by atoms with van der Waals surface area (Å²) in [6.07, 6.45) is 0.720. The summed E-state index contributed by atoms with van der Waals surface area (Å²) in [5.41, 5.74) is 6.31. The van der Waals surface area contributed by atoms with E-state index in [9.17, 15) is 8.42 Å². The number of rotatable bonds is 10. The molecule has 1 fully saturated rings. The highest BCUT2D eigenvalue weighted by molar-refractivity contribution is 7.92. The number of ether oxygens (including phenoxy) is 2. The zero-order valence-electron chi connectivity index (χ0n) is 25.0. The van der Waals surface area contributed by atoms with Crippen molar-refractivity contribution in [1.29, 1.82) is 0 Å². The summed E-state index contributed by atoms with van der Waals surface area (Å²) in [7, 11) is -2.89. The Morgan fingerprint density at radius 2 is 1.77 bits per heavy atom. The maximum Gasteiger partial charge on any atom is 0.151 e. The molecule has 1 aromatic heterocycles. The number of benzene rings is 3. The maximum atomic E-state index is 11.6. The molecule has 2 aliphatic heterocycles. The standard InChI is InChI=1S/C34H33N3O4S2.H2S/c1-4-5-26(16-27-17-35-37-36-27)25-7-9-28(10-8-25)40-18-24-6-13-33-31(15-24)32(19-42-33)30-12-11-29(14-23(30)2)41-20-34(3)21-43(38,39)22-34;/h6-15,19,26H,16-18,20-22H2,1-3H3;1H2/t26-;/m0./s1. The van der Waals surface area contributed by atoms with Crippen LogP contribution in [0.3, 0.4) is 0 Å². The molecule has 3 heterocycles. The van der Waals surface area contributed by atoms with Crippen LogP contribution in [0.1, 0.15) is 42.9 Å². The fraction of sp³-hybridized carbons (Fsp3) is 0.324. The molecule has 6 rings (SSSR count). The lowest BCUT2D eigenvalue weighted by atomic mass is 9.94. The topological polar surface area (TPSA) is 89.7 Å². The molecular weight excluding hydrogens is 611 g/mol. The molecule has 7 nitrogen and oxygen atoms in total. The second-order valence-electron chi connectivity index (χ2n) is 11.7. The molecule has 0 bridgehead atoms. The maximum absolute atomic E-state index is 11.6. The van der Waals surface area contributed by atoms with Gasteiger partial charge in [-0.25, -0.2) is 8.42 Å². The fourth-order valence-electron chi connectivity index (χ4n) is 5.73. The van der Waals surface area contributed by atoms with E-state index >= 15 is 0 Å². The number of thiophene rings is 1. The predicted molar refractivity (Wildman–Crippen MR) is 183 cm³/mol. The van der Waals surface area contributed by atoms with Crippen molar-refractivity contribution in [2.75, 3.05) is 24.7 Å². The quantitative estimate of drug-likeness (QED) is 0.165. The van der Waals surface area contributed by atoms with Crippen LogP contribution in [0.25, 0.3) is 21.2 Å².